The molecule has 2 fully saturated rings. The maximum atomic E-state index is 12.6. The lowest BCUT2D eigenvalue weighted by Gasteiger charge is -2.40. The van der Waals surface area contributed by atoms with Crippen molar-refractivity contribution in [3.8, 4) is 0 Å². The Morgan fingerprint density at radius 1 is 1.20 bits per heavy atom. The second-order valence-electron chi connectivity index (χ2n) is 6.91. The Morgan fingerprint density at radius 2 is 2.08 bits per heavy atom. The van der Waals surface area contributed by atoms with Crippen LogP contribution in [0.4, 0.5) is 0 Å². The predicted octanol–water partition coefficient (Wildman–Crippen LogP) is 2.58. The Balaban J connectivity index is 1.41. The van der Waals surface area contributed by atoms with Crippen molar-refractivity contribution in [2.75, 3.05) is 13.2 Å². The zero-order valence-electron chi connectivity index (χ0n) is 14.3. The molecule has 4 rings (SSSR count). The van der Waals surface area contributed by atoms with Crippen molar-refractivity contribution in [1.29, 1.82) is 0 Å². The third kappa shape index (κ3) is 3.78. The highest BCUT2D eigenvalue weighted by Crippen LogP contribution is 2.32. The van der Waals surface area contributed by atoms with Crippen LogP contribution in [0.2, 0.25) is 0 Å². The SMILES string of the molecule is O=C(NCc1ccco1)[C@H]1C[C@H]2OCC[C@H]2N(Cc2ccccc2)C1. The number of nitrogens with zero attached hydrogens (tertiary/aromatic N) is 1. The Kier molecular flexibility index (Phi) is 4.85. The summed E-state index contributed by atoms with van der Waals surface area (Å²) in [5.74, 6) is 0.821. The summed E-state index contributed by atoms with van der Waals surface area (Å²) in [7, 11) is 0. The van der Waals surface area contributed by atoms with E-state index in [-0.39, 0.29) is 17.9 Å². The zero-order chi connectivity index (χ0) is 17.1. The number of hydrogen-bond donors (Lipinski definition) is 1. The molecule has 1 aromatic heterocycles. The standard InChI is InChI=1S/C20H24N2O3/c23-20(21-12-17-7-4-9-24-17)16-11-19-18(8-10-25-19)22(14-16)13-15-5-2-1-3-6-15/h1-7,9,16,18-19H,8,10-14H2,(H,21,23)/t16-,18+,19+/m0/s1. The molecule has 1 amide bonds. The fraction of sp³-hybridized carbons (Fsp3) is 0.450. The molecule has 0 unspecified atom stereocenters. The number of nitrogens with one attached hydrogen (secondary N) is 1. The van der Waals surface area contributed by atoms with E-state index in [1.807, 2.05) is 18.2 Å². The van der Waals surface area contributed by atoms with E-state index in [9.17, 15) is 4.79 Å². The van der Waals surface area contributed by atoms with E-state index >= 15 is 0 Å². The quantitative estimate of drug-likeness (QED) is 0.909. The molecule has 2 aliphatic heterocycles. The average Bonchev–Trinajstić information content (AvgIpc) is 3.32. The third-order valence-electron chi connectivity index (χ3n) is 5.23. The number of furan rings is 1. The van der Waals surface area contributed by atoms with Gasteiger partial charge in [-0.05, 0) is 30.5 Å². The van der Waals surface area contributed by atoms with Gasteiger partial charge in [-0.15, -0.1) is 0 Å². The summed E-state index contributed by atoms with van der Waals surface area (Å²) in [6.45, 7) is 2.88. The van der Waals surface area contributed by atoms with Crippen LogP contribution in [0.1, 0.15) is 24.2 Å². The monoisotopic (exact) mass is 340 g/mol. The van der Waals surface area contributed by atoms with Gasteiger partial charge in [-0.2, -0.15) is 0 Å². The van der Waals surface area contributed by atoms with Gasteiger partial charge >= 0.3 is 0 Å². The summed E-state index contributed by atoms with van der Waals surface area (Å²) in [5, 5.41) is 3.00. The number of hydrogen-bond acceptors (Lipinski definition) is 4. The van der Waals surface area contributed by atoms with Gasteiger partial charge in [0.1, 0.15) is 5.76 Å². The Hall–Kier alpha value is -2.11. The van der Waals surface area contributed by atoms with Crippen LogP contribution in [0.15, 0.2) is 53.1 Å². The van der Waals surface area contributed by atoms with Crippen LogP contribution in [-0.2, 0) is 22.6 Å². The smallest absolute Gasteiger partial charge is 0.224 e. The minimum Gasteiger partial charge on any atom is -0.467 e. The van der Waals surface area contributed by atoms with Gasteiger partial charge in [-0.1, -0.05) is 30.3 Å². The first-order valence-corrected chi connectivity index (χ1v) is 8.99. The number of piperidine rings is 1. The molecule has 3 heterocycles. The molecule has 132 valence electrons. The first-order valence-electron chi connectivity index (χ1n) is 8.99. The maximum Gasteiger partial charge on any atom is 0.224 e. The van der Waals surface area contributed by atoms with Crippen LogP contribution in [0.5, 0.6) is 0 Å². The van der Waals surface area contributed by atoms with Gasteiger partial charge in [-0.3, -0.25) is 9.69 Å². The maximum absolute atomic E-state index is 12.6. The summed E-state index contributed by atoms with van der Waals surface area (Å²) < 4.78 is 11.2. The normalized spacial score (nSPS) is 26.3. The lowest BCUT2D eigenvalue weighted by molar-refractivity contribution is -0.130. The van der Waals surface area contributed by atoms with E-state index in [1.54, 1.807) is 6.26 Å². The third-order valence-corrected chi connectivity index (χ3v) is 5.23. The summed E-state index contributed by atoms with van der Waals surface area (Å²) in [6.07, 6.45) is 3.65. The van der Waals surface area contributed by atoms with Crippen LogP contribution in [0.3, 0.4) is 0 Å². The van der Waals surface area contributed by atoms with Gasteiger partial charge in [0, 0.05) is 25.7 Å². The predicted molar refractivity (Wildman–Crippen MR) is 93.7 cm³/mol. The molecule has 2 aromatic rings. The fourth-order valence-electron chi connectivity index (χ4n) is 3.97. The van der Waals surface area contributed by atoms with E-state index in [0.29, 0.717) is 12.6 Å². The first-order chi connectivity index (χ1) is 12.3. The van der Waals surface area contributed by atoms with Gasteiger partial charge in [0.05, 0.1) is 24.8 Å². The summed E-state index contributed by atoms with van der Waals surface area (Å²) in [5.41, 5.74) is 1.28. The van der Waals surface area contributed by atoms with Crippen molar-refractivity contribution >= 4 is 5.91 Å². The van der Waals surface area contributed by atoms with Crippen LogP contribution in [-0.4, -0.2) is 36.1 Å². The van der Waals surface area contributed by atoms with Crippen molar-refractivity contribution in [2.45, 2.75) is 38.1 Å². The van der Waals surface area contributed by atoms with Crippen molar-refractivity contribution in [1.82, 2.24) is 10.2 Å². The summed E-state index contributed by atoms with van der Waals surface area (Å²) in [4.78, 5) is 15.1. The van der Waals surface area contributed by atoms with Crippen molar-refractivity contribution in [3.05, 3.63) is 60.1 Å². The highest BCUT2D eigenvalue weighted by molar-refractivity contribution is 5.79. The molecular weight excluding hydrogens is 316 g/mol. The van der Waals surface area contributed by atoms with Gasteiger partial charge < -0.3 is 14.5 Å². The largest absolute Gasteiger partial charge is 0.467 e. The average molecular weight is 340 g/mol. The van der Waals surface area contributed by atoms with E-state index in [4.69, 9.17) is 9.15 Å². The Bertz CT molecular complexity index is 686. The fourth-order valence-corrected chi connectivity index (χ4v) is 3.97. The molecule has 25 heavy (non-hydrogen) atoms. The Morgan fingerprint density at radius 3 is 2.88 bits per heavy atom. The first kappa shape index (κ1) is 16.4. The number of ether oxygens (including phenoxy) is 1. The van der Waals surface area contributed by atoms with Crippen LogP contribution in [0.25, 0.3) is 0 Å². The number of amides is 1. The topological polar surface area (TPSA) is 54.7 Å². The van der Waals surface area contributed by atoms with E-state index < -0.39 is 0 Å². The van der Waals surface area contributed by atoms with Crippen LogP contribution in [0, 0.1) is 5.92 Å². The van der Waals surface area contributed by atoms with Gasteiger partial charge in [-0.25, -0.2) is 0 Å². The number of benzene rings is 1. The second kappa shape index (κ2) is 7.42. The molecule has 2 aliphatic rings. The molecule has 2 saturated heterocycles. The molecule has 1 aromatic carbocycles. The molecule has 0 saturated carbocycles. The Labute approximate surface area is 148 Å². The minimum atomic E-state index is -0.0435. The van der Waals surface area contributed by atoms with Crippen molar-refractivity contribution in [3.63, 3.8) is 0 Å². The van der Waals surface area contributed by atoms with E-state index in [2.05, 4.69) is 34.5 Å². The number of fused-ring (bicyclic) bond motifs is 1. The highest BCUT2D eigenvalue weighted by atomic mass is 16.5. The number of carbonyl (C=O) groups is 1. The summed E-state index contributed by atoms with van der Waals surface area (Å²) >= 11 is 0. The highest BCUT2D eigenvalue weighted by Gasteiger charge is 2.42. The molecule has 0 bridgehead atoms. The summed E-state index contributed by atoms with van der Waals surface area (Å²) in [6, 6.07) is 14.6. The van der Waals surface area contributed by atoms with E-state index in [0.717, 1.165) is 38.3 Å². The zero-order valence-corrected chi connectivity index (χ0v) is 14.3. The van der Waals surface area contributed by atoms with Gasteiger partial charge in [0.15, 0.2) is 0 Å². The van der Waals surface area contributed by atoms with Crippen molar-refractivity contribution < 1.29 is 13.9 Å². The lowest BCUT2D eigenvalue weighted by atomic mass is 9.89. The molecule has 0 spiro atoms. The van der Waals surface area contributed by atoms with Crippen molar-refractivity contribution in [2.24, 2.45) is 5.92 Å². The molecule has 5 nitrogen and oxygen atoms in total. The number of rotatable bonds is 5. The molecule has 1 N–H and O–H groups in total. The second-order valence-corrected chi connectivity index (χ2v) is 6.91. The number of carbonyl (C=O) groups excluding carboxylic acids is 1. The molecule has 3 atom stereocenters. The van der Waals surface area contributed by atoms with Gasteiger partial charge in [0.25, 0.3) is 0 Å². The van der Waals surface area contributed by atoms with E-state index in [1.165, 1.54) is 5.56 Å². The molecule has 0 radical (unpaired) electrons. The van der Waals surface area contributed by atoms with Crippen LogP contribution < -0.4 is 5.32 Å². The molecule has 0 aliphatic carbocycles. The van der Waals surface area contributed by atoms with Gasteiger partial charge in [0.2, 0.25) is 5.91 Å². The minimum absolute atomic E-state index is 0.0435. The lowest BCUT2D eigenvalue weighted by Crippen LogP contribution is -2.52. The van der Waals surface area contributed by atoms with Crippen LogP contribution >= 0.6 is 0 Å². The molecular formula is C20H24N2O3. The molecule has 5 heteroatoms. The number of likely N-dealkylation sites (tertiary alicyclic amines) is 1.